The molecule has 9 nitrogen and oxygen atoms in total. The highest BCUT2D eigenvalue weighted by atomic mass is 32.2. The van der Waals surface area contributed by atoms with Crippen LogP contribution in [0.2, 0.25) is 0 Å². The van der Waals surface area contributed by atoms with Gasteiger partial charge in [-0.2, -0.15) is 4.31 Å². The monoisotopic (exact) mass is 412 g/mol. The number of carbonyl (C=O) groups excluding carboxylic acids is 3. The molecule has 1 aromatic rings. The summed E-state index contributed by atoms with van der Waals surface area (Å²) in [5.74, 6) is -2.05. The van der Waals surface area contributed by atoms with Crippen LogP contribution >= 0.6 is 0 Å². The van der Waals surface area contributed by atoms with Gasteiger partial charge in [0.25, 0.3) is 5.91 Å². The average molecular weight is 412 g/mol. The third-order valence-corrected chi connectivity index (χ3v) is 6.49. The molecule has 28 heavy (non-hydrogen) atoms. The molecule has 1 amide bonds. The van der Waals surface area contributed by atoms with Crippen molar-refractivity contribution in [2.24, 2.45) is 5.92 Å². The number of benzene rings is 1. The van der Waals surface area contributed by atoms with Crippen molar-refractivity contribution in [1.82, 2.24) is 9.21 Å². The number of sulfonamides is 1. The van der Waals surface area contributed by atoms with Gasteiger partial charge in [0.2, 0.25) is 10.0 Å². The van der Waals surface area contributed by atoms with E-state index in [2.05, 4.69) is 4.74 Å². The van der Waals surface area contributed by atoms with Crippen LogP contribution < -0.4 is 0 Å². The normalized spacial score (nSPS) is 15.7. The third-order valence-electron chi connectivity index (χ3n) is 4.53. The van der Waals surface area contributed by atoms with Crippen LogP contribution in [0.1, 0.15) is 23.2 Å². The number of ether oxygens (including phenoxy) is 2. The molecule has 0 N–H and O–H groups in total. The standard InChI is InChI=1S/C18H24N2O7S/c1-19(2)16(21)12-27-17(22)13-8-10-20(11-9-13)28(24,25)15-7-5-4-6-14(15)18(23)26-3/h4-7,13H,8-12H2,1-3H3. The Kier molecular flexibility index (Phi) is 7.14. The van der Waals surface area contributed by atoms with Crippen molar-refractivity contribution < 1.29 is 32.3 Å². The predicted molar refractivity (Wildman–Crippen MR) is 98.9 cm³/mol. The van der Waals surface area contributed by atoms with Crippen molar-refractivity contribution in [2.75, 3.05) is 40.9 Å². The molecule has 1 heterocycles. The first-order valence-corrected chi connectivity index (χ1v) is 10.2. The second-order valence-electron chi connectivity index (χ2n) is 6.56. The molecule has 0 radical (unpaired) electrons. The summed E-state index contributed by atoms with van der Waals surface area (Å²) in [6.07, 6.45) is 0.545. The summed E-state index contributed by atoms with van der Waals surface area (Å²) in [6, 6.07) is 5.84. The summed E-state index contributed by atoms with van der Waals surface area (Å²) in [5, 5.41) is 0. The molecular weight excluding hydrogens is 388 g/mol. The van der Waals surface area contributed by atoms with E-state index >= 15 is 0 Å². The maximum absolute atomic E-state index is 12.9. The molecule has 0 aromatic heterocycles. The lowest BCUT2D eigenvalue weighted by Crippen LogP contribution is -2.41. The SMILES string of the molecule is COC(=O)c1ccccc1S(=O)(=O)N1CCC(C(=O)OCC(=O)N(C)C)CC1. The molecule has 1 aliphatic rings. The molecule has 0 atom stereocenters. The zero-order chi connectivity index (χ0) is 20.9. The van der Waals surface area contributed by atoms with Crippen LogP contribution in [-0.4, -0.2) is 76.4 Å². The first kappa shape index (κ1) is 21.8. The first-order valence-electron chi connectivity index (χ1n) is 8.72. The van der Waals surface area contributed by atoms with E-state index in [1.807, 2.05) is 0 Å². The Morgan fingerprint density at radius 2 is 1.75 bits per heavy atom. The Morgan fingerprint density at radius 3 is 2.32 bits per heavy atom. The molecule has 2 rings (SSSR count). The molecule has 1 saturated heterocycles. The van der Waals surface area contributed by atoms with Crippen LogP contribution in [0, 0.1) is 5.92 Å². The first-order chi connectivity index (χ1) is 13.2. The van der Waals surface area contributed by atoms with Gasteiger partial charge in [-0.25, -0.2) is 13.2 Å². The third kappa shape index (κ3) is 4.87. The minimum Gasteiger partial charge on any atom is -0.465 e. The fourth-order valence-corrected chi connectivity index (χ4v) is 4.47. The topological polar surface area (TPSA) is 110 Å². The van der Waals surface area contributed by atoms with E-state index in [-0.39, 0.29) is 48.9 Å². The minimum absolute atomic E-state index is 0.0336. The second kappa shape index (κ2) is 9.16. The van der Waals surface area contributed by atoms with Crippen molar-refractivity contribution in [3.63, 3.8) is 0 Å². The zero-order valence-corrected chi connectivity index (χ0v) is 16.9. The number of hydrogen-bond acceptors (Lipinski definition) is 7. The lowest BCUT2D eigenvalue weighted by molar-refractivity contribution is -0.155. The summed E-state index contributed by atoms with van der Waals surface area (Å²) >= 11 is 0. The summed E-state index contributed by atoms with van der Waals surface area (Å²) in [5.41, 5.74) is -0.0336. The smallest absolute Gasteiger partial charge is 0.339 e. The van der Waals surface area contributed by atoms with Gasteiger partial charge in [0.15, 0.2) is 6.61 Å². The maximum atomic E-state index is 12.9. The van der Waals surface area contributed by atoms with Gasteiger partial charge in [-0.15, -0.1) is 0 Å². The maximum Gasteiger partial charge on any atom is 0.339 e. The van der Waals surface area contributed by atoms with Gasteiger partial charge in [0.1, 0.15) is 0 Å². The van der Waals surface area contributed by atoms with Crippen molar-refractivity contribution >= 4 is 27.9 Å². The fourth-order valence-electron chi connectivity index (χ4n) is 2.82. The van der Waals surface area contributed by atoms with Gasteiger partial charge >= 0.3 is 11.9 Å². The molecule has 0 saturated carbocycles. The van der Waals surface area contributed by atoms with E-state index in [4.69, 9.17) is 4.74 Å². The largest absolute Gasteiger partial charge is 0.465 e. The van der Waals surface area contributed by atoms with Crippen LogP contribution in [0.4, 0.5) is 0 Å². The van der Waals surface area contributed by atoms with E-state index in [0.717, 1.165) is 0 Å². The van der Waals surface area contributed by atoms with E-state index in [1.165, 1.54) is 34.5 Å². The molecule has 10 heteroatoms. The van der Waals surface area contributed by atoms with Gasteiger partial charge in [0.05, 0.1) is 23.5 Å². The molecule has 1 fully saturated rings. The van der Waals surface area contributed by atoms with Crippen molar-refractivity contribution in [2.45, 2.75) is 17.7 Å². The molecule has 154 valence electrons. The molecule has 0 aliphatic carbocycles. The van der Waals surface area contributed by atoms with Crippen LogP contribution in [0.3, 0.4) is 0 Å². The van der Waals surface area contributed by atoms with Gasteiger partial charge in [-0.1, -0.05) is 12.1 Å². The lowest BCUT2D eigenvalue weighted by atomic mass is 9.98. The molecular formula is C18H24N2O7S. The number of carbonyl (C=O) groups is 3. The number of esters is 2. The number of nitrogens with zero attached hydrogens (tertiary/aromatic N) is 2. The van der Waals surface area contributed by atoms with Gasteiger partial charge in [-0.3, -0.25) is 9.59 Å². The Balaban J connectivity index is 2.04. The van der Waals surface area contributed by atoms with Crippen LogP contribution in [0.5, 0.6) is 0 Å². The van der Waals surface area contributed by atoms with Crippen molar-refractivity contribution in [3.05, 3.63) is 29.8 Å². The number of amides is 1. The number of hydrogen-bond donors (Lipinski definition) is 0. The van der Waals surface area contributed by atoms with Gasteiger partial charge in [-0.05, 0) is 25.0 Å². The van der Waals surface area contributed by atoms with E-state index in [9.17, 15) is 22.8 Å². The summed E-state index contributed by atoms with van der Waals surface area (Å²) in [6.45, 7) is -0.116. The van der Waals surface area contributed by atoms with Gasteiger partial charge in [0, 0.05) is 27.2 Å². The Bertz CT molecular complexity index is 843. The average Bonchev–Trinajstić information content (AvgIpc) is 2.71. The van der Waals surface area contributed by atoms with Crippen molar-refractivity contribution in [3.8, 4) is 0 Å². The highest BCUT2D eigenvalue weighted by Crippen LogP contribution is 2.26. The molecule has 0 spiro atoms. The van der Waals surface area contributed by atoms with E-state index < -0.39 is 27.9 Å². The summed E-state index contributed by atoms with van der Waals surface area (Å²) in [4.78, 5) is 36.7. The quantitative estimate of drug-likeness (QED) is 0.626. The highest BCUT2D eigenvalue weighted by molar-refractivity contribution is 7.89. The van der Waals surface area contributed by atoms with E-state index in [1.54, 1.807) is 20.2 Å². The summed E-state index contributed by atoms with van der Waals surface area (Å²) in [7, 11) is 0.392. The fraction of sp³-hybridized carbons (Fsp3) is 0.500. The van der Waals surface area contributed by atoms with Crippen LogP contribution in [0.15, 0.2) is 29.2 Å². The van der Waals surface area contributed by atoms with E-state index in [0.29, 0.717) is 0 Å². The molecule has 1 aromatic carbocycles. The molecule has 0 unspecified atom stereocenters. The Hall–Kier alpha value is -2.46. The number of rotatable bonds is 6. The van der Waals surface area contributed by atoms with Crippen LogP contribution in [-0.2, 0) is 29.1 Å². The lowest BCUT2D eigenvalue weighted by Gasteiger charge is -2.30. The second-order valence-corrected chi connectivity index (χ2v) is 8.47. The Labute approximate surface area is 164 Å². The number of piperidine rings is 1. The Morgan fingerprint density at radius 1 is 1.14 bits per heavy atom. The summed E-state index contributed by atoms with van der Waals surface area (Å²) < 4.78 is 36.8. The van der Waals surface area contributed by atoms with Crippen molar-refractivity contribution in [1.29, 1.82) is 0 Å². The van der Waals surface area contributed by atoms with Crippen LogP contribution in [0.25, 0.3) is 0 Å². The predicted octanol–water partition coefficient (Wildman–Crippen LogP) is 0.505. The molecule has 0 bridgehead atoms. The number of methoxy groups -OCH3 is 1. The molecule has 1 aliphatic heterocycles. The number of likely N-dealkylation sites (N-methyl/N-ethyl adjacent to an activating group) is 1. The highest BCUT2D eigenvalue weighted by Gasteiger charge is 2.35. The minimum atomic E-state index is -3.91. The van der Waals surface area contributed by atoms with Gasteiger partial charge < -0.3 is 14.4 Å². The zero-order valence-electron chi connectivity index (χ0n) is 16.1.